The molecule has 7 heteroatoms. The van der Waals surface area contributed by atoms with Crippen molar-refractivity contribution < 1.29 is 9.13 Å². The van der Waals surface area contributed by atoms with Gasteiger partial charge in [-0.05, 0) is 32.0 Å². The van der Waals surface area contributed by atoms with Crippen molar-refractivity contribution in [3.05, 3.63) is 47.0 Å². The maximum atomic E-state index is 14.6. The van der Waals surface area contributed by atoms with E-state index in [9.17, 15) is 4.39 Å². The molecule has 0 radical (unpaired) electrons. The Kier molecular flexibility index (Phi) is 4.46. The normalized spacial score (nSPS) is 17.7. The SMILES string of the molecule is Cc1cnc2c(-c3ccc(Cl)cc3F)nc(N3CCOC(C)C3)cc2n1. The van der Waals surface area contributed by atoms with E-state index in [1.807, 2.05) is 19.9 Å². The van der Waals surface area contributed by atoms with Gasteiger partial charge >= 0.3 is 0 Å². The highest BCUT2D eigenvalue weighted by atomic mass is 35.5. The van der Waals surface area contributed by atoms with Gasteiger partial charge in [0.1, 0.15) is 22.8 Å². The average Bonchev–Trinajstić information content (AvgIpc) is 2.60. The number of aromatic nitrogens is 3. The van der Waals surface area contributed by atoms with Crippen molar-refractivity contribution in [2.24, 2.45) is 0 Å². The number of aryl methyl sites for hydroxylation is 1. The number of anilines is 1. The number of ether oxygens (including phenoxy) is 1. The predicted octanol–water partition coefficient (Wildman–Crippen LogP) is 4.02. The van der Waals surface area contributed by atoms with E-state index in [2.05, 4.69) is 14.9 Å². The molecular formula is C19H18ClFN4O. The minimum atomic E-state index is -0.429. The number of nitrogens with zero attached hydrogens (tertiary/aromatic N) is 4. The highest BCUT2D eigenvalue weighted by molar-refractivity contribution is 6.30. The van der Waals surface area contributed by atoms with Crippen LogP contribution in [0.15, 0.2) is 30.5 Å². The number of rotatable bonds is 2. The fourth-order valence-corrected chi connectivity index (χ4v) is 3.32. The van der Waals surface area contributed by atoms with E-state index in [4.69, 9.17) is 21.3 Å². The summed E-state index contributed by atoms with van der Waals surface area (Å²) in [6.07, 6.45) is 1.78. The molecule has 1 saturated heterocycles. The Hall–Kier alpha value is -2.31. The lowest BCUT2D eigenvalue weighted by molar-refractivity contribution is 0.0529. The van der Waals surface area contributed by atoms with Crippen molar-refractivity contribution in [1.82, 2.24) is 15.0 Å². The first kappa shape index (κ1) is 17.1. The minimum Gasteiger partial charge on any atom is -0.375 e. The van der Waals surface area contributed by atoms with Crippen LogP contribution in [0.25, 0.3) is 22.3 Å². The number of hydrogen-bond acceptors (Lipinski definition) is 5. The molecule has 26 heavy (non-hydrogen) atoms. The summed E-state index contributed by atoms with van der Waals surface area (Å²) in [4.78, 5) is 15.9. The Morgan fingerprint density at radius 2 is 2.12 bits per heavy atom. The number of hydrogen-bond donors (Lipinski definition) is 0. The van der Waals surface area contributed by atoms with Crippen molar-refractivity contribution >= 4 is 28.5 Å². The lowest BCUT2D eigenvalue weighted by Crippen LogP contribution is -2.41. The number of benzene rings is 1. The lowest BCUT2D eigenvalue weighted by atomic mass is 10.1. The van der Waals surface area contributed by atoms with Gasteiger partial charge in [-0.25, -0.2) is 14.4 Å². The third-order valence-electron chi connectivity index (χ3n) is 4.39. The molecule has 1 fully saturated rings. The molecule has 134 valence electrons. The number of fused-ring (bicyclic) bond motifs is 1. The van der Waals surface area contributed by atoms with Crippen molar-refractivity contribution in [2.45, 2.75) is 20.0 Å². The zero-order chi connectivity index (χ0) is 18.3. The maximum Gasteiger partial charge on any atom is 0.134 e. The molecule has 2 aromatic heterocycles. The van der Waals surface area contributed by atoms with E-state index in [0.29, 0.717) is 33.9 Å². The van der Waals surface area contributed by atoms with Crippen LogP contribution in [0, 0.1) is 12.7 Å². The van der Waals surface area contributed by atoms with Crippen molar-refractivity contribution in [3.63, 3.8) is 0 Å². The Balaban J connectivity index is 1.92. The van der Waals surface area contributed by atoms with E-state index in [1.165, 1.54) is 6.07 Å². The second-order valence-electron chi connectivity index (χ2n) is 6.46. The van der Waals surface area contributed by atoms with Gasteiger partial charge in [-0.2, -0.15) is 0 Å². The van der Waals surface area contributed by atoms with Crippen LogP contribution < -0.4 is 4.90 Å². The smallest absolute Gasteiger partial charge is 0.134 e. The van der Waals surface area contributed by atoms with Gasteiger partial charge in [-0.1, -0.05) is 11.6 Å². The molecule has 1 aliphatic heterocycles. The fraction of sp³-hybridized carbons (Fsp3) is 0.316. The molecule has 0 N–H and O–H groups in total. The Labute approximate surface area is 155 Å². The molecule has 0 spiro atoms. The summed E-state index contributed by atoms with van der Waals surface area (Å²) in [7, 11) is 0. The van der Waals surface area contributed by atoms with Crippen LogP contribution in [-0.2, 0) is 4.74 Å². The first-order valence-corrected chi connectivity index (χ1v) is 8.85. The topological polar surface area (TPSA) is 51.1 Å². The van der Waals surface area contributed by atoms with E-state index in [-0.39, 0.29) is 6.10 Å². The predicted molar refractivity (Wildman–Crippen MR) is 100 cm³/mol. The van der Waals surface area contributed by atoms with Crippen molar-refractivity contribution in [1.29, 1.82) is 0 Å². The molecule has 5 nitrogen and oxygen atoms in total. The lowest BCUT2D eigenvalue weighted by Gasteiger charge is -2.32. The molecule has 3 heterocycles. The zero-order valence-corrected chi connectivity index (χ0v) is 15.3. The molecule has 3 aromatic rings. The molecule has 4 rings (SSSR count). The third kappa shape index (κ3) is 3.22. The fourth-order valence-electron chi connectivity index (χ4n) is 3.16. The molecule has 1 unspecified atom stereocenters. The van der Waals surface area contributed by atoms with E-state index in [1.54, 1.807) is 18.3 Å². The van der Waals surface area contributed by atoms with Crippen LogP contribution in [0.3, 0.4) is 0 Å². The highest BCUT2D eigenvalue weighted by Gasteiger charge is 2.21. The highest BCUT2D eigenvalue weighted by Crippen LogP contribution is 2.31. The standard InChI is InChI=1S/C19H18ClFN4O/c1-11-9-22-19-16(23-11)8-17(25-5-6-26-12(2)10-25)24-18(19)14-4-3-13(20)7-15(14)21/h3-4,7-9,12H,5-6,10H2,1-2H3. The van der Waals surface area contributed by atoms with Gasteiger partial charge < -0.3 is 9.64 Å². The summed E-state index contributed by atoms with van der Waals surface area (Å²) in [6, 6.07) is 6.48. The molecule has 0 aliphatic carbocycles. The summed E-state index contributed by atoms with van der Waals surface area (Å²) >= 11 is 5.90. The average molecular weight is 373 g/mol. The largest absolute Gasteiger partial charge is 0.375 e. The third-order valence-corrected chi connectivity index (χ3v) is 4.62. The van der Waals surface area contributed by atoms with Gasteiger partial charge in [-0.3, -0.25) is 4.98 Å². The van der Waals surface area contributed by atoms with Crippen LogP contribution in [0.5, 0.6) is 0 Å². The summed E-state index contributed by atoms with van der Waals surface area (Å²) in [5.41, 5.74) is 2.90. The number of morpholine rings is 1. The van der Waals surface area contributed by atoms with E-state index in [0.717, 1.165) is 24.6 Å². The molecule has 0 bridgehead atoms. The number of halogens is 2. The van der Waals surface area contributed by atoms with E-state index < -0.39 is 5.82 Å². The monoisotopic (exact) mass is 372 g/mol. The van der Waals surface area contributed by atoms with Crippen LogP contribution in [0.4, 0.5) is 10.2 Å². The Bertz CT molecular complexity index is 981. The molecular weight excluding hydrogens is 355 g/mol. The second-order valence-corrected chi connectivity index (χ2v) is 6.90. The van der Waals surface area contributed by atoms with Gasteiger partial charge in [0.2, 0.25) is 0 Å². The Morgan fingerprint density at radius 1 is 1.27 bits per heavy atom. The molecule has 1 aliphatic rings. The van der Waals surface area contributed by atoms with Crippen LogP contribution >= 0.6 is 11.6 Å². The van der Waals surface area contributed by atoms with Crippen LogP contribution in [0.1, 0.15) is 12.6 Å². The summed E-state index contributed by atoms with van der Waals surface area (Å²) in [6.45, 7) is 5.98. The van der Waals surface area contributed by atoms with Gasteiger partial charge in [0.15, 0.2) is 0 Å². The van der Waals surface area contributed by atoms with Gasteiger partial charge in [0, 0.05) is 35.9 Å². The van der Waals surface area contributed by atoms with Gasteiger partial charge in [-0.15, -0.1) is 0 Å². The Morgan fingerprint density at radius 3 is 2.88 bits per heavy atom. The van der Waals surface area contributed by atoms with Crippen molar-refractivity contribution in [3.8, 4) is 11.3 Å². The molecule has 0 amide bonds. The number of pyridine rings is 1. The quantitative estimate of drug-likeness (QED) is 0.680. The van der Waals surface area contributed by atoms with Gasteiger partial charge in [0.05, 0.1) is 23.9 Å². The van der Waals surface area contributed by atoms with Crippen molar-refractivity contribution in [2.75, 3.05) is 24.6 Å². The first-order chi connectivity index (χ1) is 12.5. The molecule has 1 aromatic carbocycles. The van der Waals surface area contributed by atoms with E-state index >= 15 is 0 Å². The summed E-state index contributed by atoms with van der Waals surface area (Å²) in [5.74, 6) is 0.318. The summed E-state index contributed by atoms with van der Waals surface area (Å²) in [5, 5.41) is 0.343. The first-order valence-electron chi connectivity index (χ1n) is 8.47. The summed E-state index contributed by atoms with van der Waals surface area (Å²) < 4.78 is 20.2. The maximum absolute atomic E-state index is 14.6. The second kappa shape index (κ2) is 6.78. The minimum absolute atomic E-state index is 0.112. The van der Waals surface area contributed by atoms with Crippen LogP contribution in [-0.4, -0.2) is 40.8 Å². The molecule has 1 atom stereocenters. The molecule has 0 saturated carbocycles. The zero-order valence-electron chi connectivity index (χ0n) is 14.5. The van der Waals surface area contributed by atoms with Gasteiger partial charge in [0.25, 0.3) is 0 Å². The van der Waals surface area contributed by atoms with Crippen LogP contribution in [0.2, 0.25) is 5.02 Å².